The fourth-order valence-corrected chi connectivity index (χ4v) is 3.49. The number of rotatable bonds is 5. The molecule has 0 unspecified atom stereocenters. The molecule has 152 valence electrons. The Hall–Kier alpha value is -2.55. The van der Waals surface area contributed by atoms with Gasteiger partial charge in [-0.05, 0) is 29.3 Å². The smallest absolute Gasteiger partial charge is 0.229 e. The number of ether oxygens (including phenoxy) is 2. The first-order chi connectivity index (χ1) is 14.1. The third-order valence-corrected chi connectivity index (χ3v) is 5.11. The lowest BCUT2D eigenvalue weighted by Gasteiger charge is -2.39. The SMILES string of the molecule is OC[C@H]1O[C@@H](Oc2ccccc2Cc2cnc3ccccc3c2)[C@H](O)[C@@H](O)[C@@H]1O. The molecule has 0 spiro atoms. The molecule has 4 rings (SSSR count). The Morgan fingerprint density at radius 3 is 2.52 bits per heavy atom. The molecule has 0 aliphatic carbocycles. The fourth-order valence-electron chi connectivity index (χ4n) is 3.49. The van der Waals surface area contributed by atoms with E-state index in [1.54, 1.807) is 12.1 Å². The number of pyridine rings is 1. The van der Waals surface area contributed by atoms with E-state index in [1.807, 2.05) is 42.6 Å². The number of para-hydroxylation sites is 2. The molecule has 1 aromatic heterocycles. The standard InChI is InChI=1S/C22H23NO6/c24-12-18-19(25)20(26)21(27)22(29-18)28-17-8-4-2-6-15(17)10-13-9-14-5-1-3-7-16(14)23-11-13/h1-9,11,18-22,24-27H,10,12H2/t18-,19-,20+,21-,22-/m1/s1. The first-order valence-corrected chi connectivity index (χ1v) is 9.45. The predicted octanol–water partition coefficient (Wildman–Crippen LogP) is 1.00. The van der Waals surface area contributed by atoms with Gasteiger partial charge in [-0.2, -0.15) is 0 Å². The van der Waals surface area contributed by atoms with E-state index in [0.29, 0.717) is 12.2 Å². The van der Waals surface area contributed by atoms with E-state index >= 15 is 0 Å². The minimum Gasteiger partial charge on any atom is -0.462 e. The van der Waals surface area contributed by atoms with Crippen LogP contribution in [0.4, 0.5) is 0 Å². The average molecular weight is 397 g/mol. The van der Waals surface area contributed by atoms with Gasteiger partial charge in [0.15, 0.2) is 0 Å². The summed E-state index contributed by atoms with van der Waals surface area (Å²) in [5.74, 6) is 0.477. The summed E-state index contributed by atoms with van der Waals surface area (Å²) in [6, 6.07) is 17.2. The Balaban J connectivity index is 1.56. The third-order valence-electron chi connectivity index (χ3n) is 5.11. The average Bonchev–Trinajstić information content (AvgIpc) is 2.75. The monoisotopic (exact) mass is 397 g/mol. The van der Waals surface area contributed by atoms with Crippen LogP contribution < -0.4 is 4.74 Å². The molecule has 0 radical (unpaired) electrons. The van der Waals surface area contributed by atoms with Crippen LogP contribution in [0.3, 0.4) is 0 Å². The molecular formula is C22H23NO6. The van der Waals surface area contributed by atoms with Crippen molar-refractivity contribution >= 4 is 10.9 Å². The maximum Gasteiger partial charge on any atom is 0.229 e. The number of aliphatic hydroxyl groups is 4. The summed E-state index contributed by atoms with van der Waals surface area (Å²) in [6.45, 7) is -0.505. The largest absolute Gasteiger partial charge is 0.462 e. The zero-order valence-corrected chi connectivity index (χ0v) is 15.6. The zero-order chi connectivity index (χ0) is 20.4. The highest BCUT2D eigenvalue weighted by Crippen LogP contribution is 2.28. The van der Waals surface area contributed by atoms with Crippen LogP contribution in [0.25, 0.3) is 10.9 Å². The summed E-state index contributed by atoms with van der Waals surface area (Å²) >= 11 is 0. The molecule has 1 saturated heterocycles. The summed E-state index contributed by atoms with van der Waals surface area (Å²) in [6.07, 6.45) is -4.24. The summed E-state index contributed by atoms with van der Waals surface area (Å²) in [5, 5.41) is 40.5. The molecule has 7 heteroatoms. The highest BCUT2D eigenvalue weighted by Gasteiger charge is 2.44. The Morgan fingerprint density at radius 1 is 0.931 bits per heavy atom. The molecule has 1 aliphatic heterocycles. The lowest BCUT2D eigenvalue weighted by atomic mass is 9.99. The van der Waals surface area contributed by atoms with Gasteiger partial charge >= 0.3 is 0 Å². The first kappa shape index (κ1) is 19.8. The Labute approximate surface area is 167 Å². The molecule has 0 saturated carbocycles. The van der Waals surface area contributed by atoms with Crippen molar-refractivity contribution in [1.82, 2.24) is 4.98 Å². The maximum atomic E-state index is 10.2. The summed E-state index contributed by atoms with van der Waals surface area (Å²) < 4.78 is 11.3. The van der Waals surface area contributed by atoms with E-state index in [9.17, 15) is 20.4 Å². The lowest BCUT2D eigenvalue weighted by molar-refractivity contribution is -0.277. The molecule has 4 N–H and O–H groups in total. The third kappa shape index (κ3) is 4.10. The number of fused-ring (bicyclic) bond motifs is 1. The van der Waals surface area contributed by atoms with Crippen LogP contribution in [0.1, 0.15) is 11.1 Å². The Bertz CT molecular complexity index is 978. The maximum absolute atomic E-state index is 10.2. The molecule has 1 fully saturated rings. The van der Waals surface area contributed by atoms with Crippen LogP contribution in [-0.2, 0) is 11.2 Å². The molecule has 5 atom stereocenters. The number of benzene rings is 2. The Morgan fingerprint density at radius 2 is 1.69 bits per heavy atom. The molecule has 29 heavy (non-hydrogen) atoms. The van der Waals surface area contributed by atoms with Crippen molar-refractivity contribution in [3.63, 3.8) is 0 Å². The van der Waals surface area contributed by atoms with Crippen molar-refractivity contribution < 1.29 is 29.9 Å². The Kier molecular flexibility index (Phi) is 5.75. The molecular weight excluding hydrogens is 374 g/mol. The van der Waals surface area contributed by atoms with E-state index in [2.05, 4.69) is 11.1 Å². The van der Waals surface area contributed by atoms with E-state index < -0.39 is 37.3 Å². The molecule has 1 aliphatic rings. The highest BCUT2D eigenvalue weighted by atomic mass is 16.7. The van der Waals surface area contributed by atoms with Gasteiger partial charge in [-0.15, -0.1) is 0 Å². The molecule has 3 aromatic rings. The van der Waals surface area contributed by atoms with Crippen LogP contribution >= 0.6 is 0 Å². The summed E-state index contributed by atoms with van der Waals surface area (Å²) in [7, 11) is 0. The second-order valence-electron chi connectivity index (χ2n) is 7.14. The first-order valence-electron chi connectivity index (χ1n) is 9.45. The van der Waals surface area contributed by atoms with Crippen LogP contribution in [0.5, 0.6) is 5.75 Å². The van der Waals surface area contributed by atoms with E-state index in [-0.39, 0.29) is 0 Å². The molecule has 0 bridgehead atoms. The van der Waals surface area contributed by atoms with Gasteiger partial charge in [-0.25, -0.2) is 0 Å². The van der Waals surface area contributed by atoms with Gasteiger partial charge in [0.2, 0.25) is 6.29 Å². The normalized spacial score (nSPS) is 27.1. The quantitative estimate of drug-likeness (QED) is 0.508. The molecule has 7 nitrogen and oxygen atoms in total. The fraction of sp³-hybridized carbons (Fsp3) is 0.318. The minimum atomic E-state index is -1.48. The second-order valence-corrected chi connectivity index (χ2v) is 7.14. The highest BCUT2D eigenvalue weighted by molar-refractivity contribution is 5.78. The van der Waals surface area contributed by atoms with Gasteiger partial charge in [0, 0.05) is 18.0 Å². The summed E-state index contributed by atoms with van der Waals surface area (Å²) in [4.78, 5) is 4.48. The van der Waals surface area contributed by atoms with Gasteiger partial charge in [0.25, 0.3) is 0 Å². The van der Waals surface area contributed by atoms with Gasteiger partial charge in [-0.3, -0.25) is 4.98 Å². The van der Waals surface area contributed by atoms with Crippen molar-refractivity contribution in [3.8, 4) is 5.75 Å². The van der Waals surface area contributed by atoms with Gasteiger partial charge in [-0.1, -0.05) is 36.4 Å². The number of aliphatic hydroxyl groups excluding tert-OH is 4. The van der Waals surface area contributed by atoms with Crippen molar-refractivity contribution in [3.05, 3.63) is 71.9 Å². The van der Waals surface area contributed by atoms with Gasteiger partial charge in [0.1, 0.15) is 30.2 Å². The van der Waals surface area contributed by atoms with Crippen molar-refractivity contribution in [2.24, 2.45) is 0 Å². The van der Waals surface area contributed by atoms with Crippen molar-refractivity contribution in [2.45, 2.75) is 37.1 Å². The number of nitrogens with zero attached hydrogens (tertiary/aromatic N) is 1. The van der Waals surface area contributed by atoms with E-state index in [0.717, 1.165) is 22.0 Å². The van der Waals surface area contributed by atoms with Gasteiger partial charge < -0.3 is 29.9 Å². The summed E-state index contributed by atoms with van der Waals surface area (Å²) in [5.41, 5.74) is 2.76. The number of aromatic nitrogens is 1. The zero-order valence-electron chi connectivity index (χ0n) is 15.6. The van der Waals surface area contributed by atoms with E-state index in [1.165, 1.54) is 0 Å². The predicted molar refractivity (Wildman–Crippen MR) is 105 cm³/mol. The van der Waals surface area contributed by atoms with Gasteiger partial charge in [0.05, 0.1) is 12.1 Å². The van der Waals surface area contributed by atoms with Crippen LogP contribution in [0.15, 0.2) is 60.8 Å². The topological polar surface area (TPSA) is 112 Å². The lowest BCUT2D eigenvalue weighted by Crippen LogP contribution is -2.60. The molecule has 2 heterocycles. The number of hydrogen-bond donors (Lipinski definition) is 4. The molecule has 2 aromatic carbocycles. The van der Waals surface area contributed by atoms with Crippen molar-refractivity contribution in [2.75, 3.05) is 6.61 Å². The van der Waals surface area contributed by atoms with Crippen LogP contribution in [-0.4, -0.2) is 62.7 Å². The van der Waals surface area contributed by atoms with Crippen LogP contribution in [0.2, 0.25) is 0 Å². The van der Waals surface area contributed by atoms with Crippen LogP contribution in [0, 0.1) is 0 Å². The number of hydrogen-bond acceptors (Lipinski definition) is 7. The minimum absolute atomic E-state index is 0.477. The van der Waals surface area contributed by atoms with Crippen molar-refractivity contribution in [1.29, 1.82) is 0 Å². The van der Waals surface area contributed by atoms with E-state index in [4.69, 9.17) is 9.47 Å². The molecule has 0 amide bonds. The second kappa shape index (κ2) is 8.44.